The first kappa shape index (κ1) is 16.5. The number of aromatic nitrogens is 1. The van der Waals surface area contributed by atoms with E-state index in [-0.39, 0.29) is 6.04 Å². The van der Waals surface area contributed by atoms with Crippen molar-refractivity contribution in [1.29, 1.82) is 0 Å². The highest BCUT2D eigenvalue weighted by Crippen LogP contribution is 2.35. The van der Waals surface area contributed by atoms with Crippen LogP contribution in [0.25, 0.3) is 0 Å². The van der Waals surface area contributed by atoms with Crippen LogP contribution in [0.4, 0.5) is 0 Å². The molecular weight excluding hydrogens is 326 g/mol. The van der Waals surface area contributed by atoms with Crippen LogP contribution in [0.5, 0.6) is 0 Å². The summed E-state index contributed by atoms with van der Waals surface area (Å²) in [5.41, 5.74) is 7.38. The lowest BCUT2D eigenvalue weighted by atomic mass is 9.78. The SMILES string of the molecule is CN(C)CC#CC1CCC(C(N)c2ccc(Br)cn2)CC1. The Labute approximate surface area is 136 Å². The fourth-order valence-electron chi connectivity index (χ4n) is 2.80. The van der Waals surface area contributed by atoms with Gasteiger partial charge in [0, 0.05) is 22.6 Å². The number of nitrogens with zero attached hydrogens (tertiary/aromatic N) is 2. The third-order valence-electron chi connectivity index (χ3n) is 4.07. The molecule has 1 aliphatic carbocycles. The summed E-state index contributed by atoms with van der Waals surface area (Å²) in [5.74, 6) is 7.75. The summed E-state index contributed by atoms with van der Waals surface area (Å²) in [6, 6.07) is 4.09. The molecule has 2 rings (SSSR count). The average molecular weight is 350 g/mol. The Kier molecular flexibility index (Phi) is 6.22. The Bertz CT molecular complexity index is 493. The lowest BCUT2D eigenvalue weighted by Crippen LogP contribution is -2.26. The first-order chi connectivity index (χ1) is 10.1. The maximum absolute atomic E-state index is 6.38. The average Bonchev–Trinajstić information content (AvgIpc) is 2.48. The summed E-state index contributed by atoms with van der Waals surface area (Å²) in [7, 11) is 4.10. The van der Waals surface area contributed by atoms with E-state index >= 15 is 0 Å². The lowest BCUT2D eigenvalue weighted by molar-refractivity contribution is 0.273. The van der Waals surface area contributed by atoms with E-state index < -0.39 is 0 Å². The highest BCUT2D eigenvalue weighted by atomic mass is 79.9. The van der Waals surface area contributed by atoms with Gasteiger partial charge in [0.15, 0.2) is 0 Å². The van der Waals surface area contributed by atoms with Crippen molar-refractivity contribution >= 4 is 15.9 Å². The van der Waals surface area contributed by atoms with Gasteiger partial charge in [-0.1, -0.05) is 11.8 Å². The van der Waals surface area contributed by atoms with Gasteiger partial charge in [-0.05, 0) is 73.8 Å². The van der Waals surface area contributed by atoms with E-state index in [1.54, 1.807) is 0 Å². The second-order valence-electron chi connectivity index (χ2n) is 6.10. The summed E-state index contributed by atoms with van der Waals surface area (Å²) in [6.45, 7) is 0.849. The third-order valence-corrected chi connectivity index (χ3v) is 4.54. The molecule has 114 valence electrons. The van der Waals surface area contributed by atoms with Crippen molar-refractivity contribution in [2.24, 2.45) is 17.6 Å². The van der Waals surface area contributed by atoms with Crippen molar-refractivity contribution in [3.8, 4) is 11.8 Å². The molecule has 1 fully saturated rings. The highest BCUT2D eigenvalue weighted by Gasteiger charge is 2.26. The van der Waals surface area contributed by atoms with Crippen LogP contribution in [-0.4, -0.2) is 30.5 Å². The van der Waals surface area contributed by atoms with Gasteiger partial charge < -0.3 is 5.73 Å². The fourth-order valence-corrected chi connectivity index (χ4v) is 3.03. The zero-order chi connectivity index (χ0) is 15.2. The summed E-state index contributed by atoms with van der Waals surface area (Å²) in [5, 5.41) is 0. The molecule has 0 amide bonds. The number of halogens is 1. The number of rotatable bonds is 3. The van der Waals surface area contributed by atoms with Gasteiger partial charge in [0.05, 0.1) is 12.2 Å². The number of pyridine rings is 1. The van der Waals surface area contributed by atoms with Crippen molar-refractivity contribution < 1.29 is 0 Å². The Balaban J connectivity index is 1.85. The minimum Gasteiger partial charge on any atom is -0.322 e. The summed E-state index contributed by atoms with van der Waals surface area (Å²) < 4.78 is 0.998. The monoisotopic (exact) mass is 349 g/mol. The molecule has 1 saturated carbocycles. The second-order valence-corrected chi connectivity index (χ2v) is 7.01. The lowest BCUT2D eigenvalue weighted by Gasteiger charge is -2.30. The predicted octanol–water partition coefficient (Wildman–Crippen LogP) is 3.22. The zero-order valence-electron chi connectivity index (χ0n) is 12.8. The molecule has 2 N–H and O–H groups in total. The molecule has 1 unspecified atom stereocenters. The molecule has 21 heavy (non-hydrogen) atoms. The van der Waals surface area contributed by atoms with Gasteiger partial charge in [-0.25, -0.2) is 0 Å². The largest absolute Gasteiger partial charge is 0.322 e. The van der Waals surface area contributed by atoms with E-state index in [4.69, 9.17) is 5.73 Å². The van der Waals surface area contributed by atoms with Gasteiger partial charge >= 0.3 is 0 Å². The normalized spacial score (nSPS) is 23.5. The van der Waals surface area contributed by atoms with Crippen molar-refractivity contribution in [2.75, 3.05) is 20.6 Å². The zero-order valence-corrected chi connectivity index (χ0v) is 14.4. The van der Waals surface area contributed by atoms with Crippen LogP contribution in [0, 0.1) is 23.7 Å². The first-order valence-corrected chi connectivity index (χ1v) is 8.35. The smallest absolute Gasteiger partial charge is 0.0596 e. The van der Waals surface area contributed by atoms with Crippen LogP contribution in [0.3, 0.4) is 0 Å². The Morgan fingerprint density at radius 2 is 2.05 bits per heavy atom. The third kappa shape index (κ3) is 5.10. The minimum absolute atomic E-state index is 0.0498. The molecule has 3 nitrogen and oxygen atoms in total. The summed E-state index contributed by atoms with van der Waals surface area (Å²) in [4.78, 5) is 6.54. The topological polar surface area (TPSA) is 42.1 Å². The Morgan fingerprint density at radius 3 is 2.62 bits per heavy atom. The van der Waals surface area contributed by atoms with Gasteiger partial charge in [0.25, 0.3) is 0 Å². The first-order valence-electron chi connectivity index (χ1n) is 7.56. The van der Waals surface area contributed by atoms with Crippen molar-refractivity contribution in [2.45, 2.75) is 31.7 Å². The van der Waals surface area contributed by atoms with Crippen molar-refractivity contribution in [3.05, 3.63) is 28.5 Å². The molecule has 0 aromatic carbocycles. The standard InChI is InChI=1S/C17H24BrN3/c1-21(2)11-3-4-13-5-7-14(8-6-13)17(19)16-10-9-15(18)12-20-16/h9-10,12-14,17H,5-8,11,19H2,1-2H3. The minimum atomic E-state index is 0.0498. The summed E-state index contributed by atoms with van der Waals surface area (Å²) in [6.07, 6.45) is 6.46. The molecule has 0 radical (unpaired) electrons. The molecule has 0 spiro atoms. The van der Waals surface area contributed by atoms with E-state index in [0.29, 0.717) is 11.8 Å². The molecule has 1 aromatic heterocycles. The second kappa shape index (κ2) is 7.93. The number of nitrogens with two attached hydrogens (primary N) is 1. The van der Waals surface area contributed by atoms with Gasteiger partial charge in [0.1, 0.15) is 0 Å². The van der Waals surface area contributed by atoms with Crippen LogP contribution >= 0.6 is 15.9 Å². The highest BCUT2D eigenvalue weighted by molar-refractivity contribution is 9.10. The molecular formula is C17H24BrN3. The fraction of sp³-hybridized carbons (Fsp3) is 0.588. The molecule has 4 heteroatoms. The van der Waals surface area contributed by atoms with Crippen LogP contribution in [0.2, 0.25) is 0 Å². The molecule has 0 bridgehead atoms. The predicted molar refractivity (Wildman–Crippen MR) is 90.6 cm³/mol. The van der Waals surface area contributed by atoms with Crippen LogP contribution in [-0.2, 0) is 0 Å². The van der Waals surface area contributed by atoms with Gasteiger partial charge in [-0.2, -0.15) is 0 Å². The van der Waals surface area contributed by atoms with Crippen LogP contribution < -0.4 is 5.73 Å². The molecule has 1 atom stereocenters. The number of hydrogen-bond acceptors (Lipinski definition) is 3. The van der Waals surface area contributed by atoms with Crippen LogP contribution in [0.15, 0.2) is 22.8 Å². The molecule has 0 aliphatic heterocycles. The Hall–Kier alpha value is -0.890. The van der Waals surface area contributed by atoms with Crippen LogP contribution in [0.1, 0.15) is 37.4 Å². The van der Waals surface area contributed by atoms with Gasteiger partial charge in [-0.15, -0.1) is 0 Å². The van der Waals surface area contributed by atoms with Crippen molar-refractivity contribution in [1.82, 2.24) is 9.88 Å². The van der Waals surface area contributed by atoms with E-state index in [1.807, 2.05) is 18.3 Å². The van der Waals surface area contributed by atoms with E-state index in [2.05, 4.69) is 51.8 Å². The molecule has 1 heterocycles. The van der Waals surface area contributed by atoms with E-state index in [9.17, 15) is 0 Å². The van der Waals surface area contributed by atoms with E-state index in [1.165, 1.54) is 0 Å². The van der Waals surface area contributed by atoms with E-state index in [0.717, 1.165) is 42.4 Å². The molecule has 1 aromatic rings. The maximum atomic E-state index is 6.38. The maximum Gasteiger partial charge on any atom is 0.0596 e. The van der Waals surface area contributed by atoms with Gasteiger partial charge in [-0.3, -0.25) is 9.88 Å². The molecule has 0 saturated heterocycles. The molecule has 1 aliphatic rings. The quantitative estimate of drug-likeness (QED) is 0.852. The summed E-state index contributed by atoms with van der Waals surface area (Å²) >= 11 is 3.41. The van der Waals surface area contributed by atoms with Crippen molar-refractivity contribution in [3.63, 3.8) is 0 Å². The number of hydrogen-bond donors (Lipinski definition) is 1. The Morgan fingerprint density at radius 1 is 1.33 bits per heavy atom. The van der Waals surface area contributed by atoms with Gasteiger partial charge in [0.2, 0.25) is 0 Å².